The van der Waals surface area contributed by atoms with Crippen molar-refractivity contribution >= 4 is 16.5 Å². The van der Waals surface area contributed by atoms with Gasteiger partial charge in [-0.1, -0.05) is 67.0 Å². The van der Waals surface area contributed by atoms with E-state index in [1.807, 2.05) is 18.2 Å². The maximum atomic E-state index is 3.83. The lowest BCUT2D eigenvalue weighted by atomic mass is 10.2. The summed E-state index contributed by atoms with van der Waals surface area (Å²) in [6.45, 7) is 9.13. The van der Waals surface area contributed by atoms with E-state index in [4.69, 9.17) is 0 Å². The van der Waals surface area contributed by atoms with Crippen molar-refractivity contribution in [1.82, 2.24) is 0 Å². The van der Waals surface area contributed by atoms with Gasteiger partial charge in [0.15, 0.2) is 0 Å². The number of allylic oxidation sites excluding steroid dienone is 1. The van der Waals surface area contributed by atoms with Gasteiger partial charge in [-0.3, -0.25) is 5.32 Å². The molecule has 3 heteroatoms. The van der Waals surface area contributed by atoms with Crippen LogP contribution < -0.4 is 9.88 Å². The largest absolute Gasteiger partial charge is 0.334 e. The second-order valence-electron chi connectivity index (χ2n) is 3.86. The lowest BCUT2D eigenvalue weighted by Crippen LogP contribution is -2.36. The Morgan fingerprint density at radius 3 is 2.61 bits per heavy atom. The number of rotatable bonds is 6. The number of aromatic nitrogens is 1. The van der Waals surface area contributed by atoms with Gasteiger partial charge in [0.25, 0.3) is 0 Å². The summed E-state index contributed by atoms with van der Waals surface area (Å²) in [5.74, 6) is 0. The lowest BCUT2D eigenvalue weighted by Gasteiger charge is -2.03. The minimum Gasteiger partial charge on any atom is -0.261 e. The maximum Gasteiger partial charge on any atom is 0.334 e. The first-order valence-corrected chi connectivity index (χ1v) is 6.77. The van der Waals surface area contributed by atoms with Gasteiger partial charge in [-0.15, -0.1) is 0 Å². The van der Waals surface area contributed by atoms with E-state index in [9.17, 15) is 0 Å². The van der Waals surface area contributed by atoms with E-state index in [1.165, 1.54) is 11.3 Å². The Morgan fingerprint density at radius 2 is 1.94 bits per heavy atom. The molecule has 92 valence electrons. The molecule has 1 aromatic heterocycles. The van der Waals surface area contributed by atoms with Gasteiger partial charge in [-0.2, -0.15) is 0 Å². The van der Waals surface area contributed by atoms with Crippen LogP contribution in [0.1, 0.15) is 0 Å². The number of hydrogen-bond donors (Lipinski definition) is 1. The molecule has 0 amide bonds. The molecule has 0 saturated heterocycles. The molecule has 1 heterocycles. The molecular formula is C15H17N2S+. The van der Waals surface area contributed by atoms with Gasteiger partial charge in [0.05, 0.1) is 0 Å². The van der Waals surface area contributed by atoms with Gasteiger partial charge in [0.2, 0.25) is 0 Å². The van der Waals surface area contributed by atoms with Gasteiger partial charge in [-0.25, -0.2) is 4.57 Å². The van der Waals surface area contributed by atoms with Crippen molar-refractivity contribution in [2.24, 2.45) is 0 Å². The van der Waals surface area contributed by atoms with Crippen LogP contribution in [0.25, 0.3) is 11.3 Å². The summed E-state index contributed by atoms with van der Waals surface area (Å²) in [6, 6.07) is 10.4. The number of thiazole rings is 1. The van der Waals surface area contributed by atoms with Crippen molar-refractivity contribution in [3.05, 3.63) is 61.0 Å². The van der Waals surface area contributed by atoms with Crippen molar-refractivity contribution in [3.8, 4) is 11.3 Å². The third-order valence-electron chi connectivity index (χ3n) is 2.60. The number of benzene rings is 1. The zero-order valence-electron chi connectivity index (χ0n) is 10.3. The Kier molecular flexibility index (Phi) is 4.31. The molecule has 0 fully saturated rings. The third-order valence-corrected chi connectivity index (χ3v) is 3.53. The fourth-order valence-corrected chi connectivity index (χ4v) is 2.74. The Labute approximate surface area is 112 Å². The zero-order chi connectivity index (χ0) is 12.8. The molecule has 0 unspecified atom stereocenters. The highest BCUT2D eigenvalue weighted by Crippen LogP contribution is 2.22. The van der Waals surface area contributed by atoms with Crippen LogP contribution in [0.5, 0.6) is 0 Å². The zero-order valence-corrected chi connectivity index (χ0v) is 11.1. The number of nitrogens with zero attached hydrogens (tertiary/aromatic N) is 1. The average Bonchev–Trinajstić information content (AvgIpc) is 2.81. The first kappa shape index (κ1) is 12.6. The fourth-order valence-electron chi connectivity index (χ4n) is 1.79. The molecule has 0 aliphatic rings. The highest BCUT2D eigenvalue weighted by Gasteiger charge is 2.16. The number of anilines is 1. The molecule has 0 saturated carbocycles. The summed E-state index contributed by atoms with van der Waals surface area (Å²) >= 11 is 1.71. The third kappa shape index (κ3) is 2.68. The van der Waals surface area contributed by atoms with E-state index in [0.717, 1.165) is 18.2 Å². The predicted molar refractivity (Wildman–Crippen MR) is 78.8 cm³/mol. The van der Waals surface area contributed by atoms with Crippen LogP contribution >= 0.6 is 11.3 Å². The van der Waals surface area contributed by atoms with E-state index >= 15 is 0 Å². The van der Waals surface area contributed by atoms with Crippen LogP contribution in [0, 0.1) is 0 Å². The quantitative estimate of drug-likeness (QED) is 0.619. The lowest BCUT2D eigenvalue weighted by molar-refractivity contribution is -0.657. The Morgan fingerprint density at radius 1 is 1.17 bits per heavy atom. The molecule has 0 spiro atoms. The number of hydrogen-bond acceptors (Lipinski definition) is 2. The van der Waals surface area contributed by atoms with Crippen molar-refractivity contribution in [1.29, 1.82) is 0 Å². The van der Waals surface area contributed by atoms with E-state index in [2.05, 4.69) is 52.7 Å². The molecule has 0 aliphatic heterocycles. The normalized spacial score (nSPS) is 10.0. The number of nitrogens with one attached hydrogen (secondary N) is 1. The summed E-state index contributed by atoms with van der Waals surface area (Å²) in [5, 5.41) is 6.66. The molecule has 0 atom stereocenters. The molecule has 2 nitrogen and oxygen atoms in total. The van der Waals surface area contributed by atoms with Crippen LogP contribution in [-0.4, -0.2) is 6.54 Å². The van der Waals surface area contributed by atoms with Crippen molar-refractivity contribution in [2.45, 2.75) is 6.54 Å². The van der Waals surface area contributed by atoms with Gasteiger partial charge >= 0.3 is 5.13 Å². The van der Waals surface area contributed by atoms with Crippen molar-refractivity contribution in [2.75, 3.05) is 11.9 Å². The fraction of sp³-hybridized carbons (Fsp3) is 0.133. The Balaban J connectivity index is 2.38. The summed E-state index contributed by atoms with van der Waals surface area (Å²) in [6.07, 6.45) is 3.78. The molecule has 0 radical (unpaired) electrons. The predicted octanol–water partition coefficient (Wildman–Crippen LogP) is 3.49. The topological polar surface area (TPSA) is 15.9 Å². The highest BCUT2D eigenvalue weighted by molar-refractivity contribution is 7.13. The van der Waals surface area contributed by atoms with E-state index in [1.54, 1.807) is 11.3 Å². The van der Waals surface area contributed by atoms with Crippen LogP contribution in [0.2, 0.25) is 0 Å². The average molecular weight is 257 g/mol. The van der Waals surface area contributed by atoms with Crippen LogP contribution in [0.3, 0.4) is 0 Å². The second-order valence-corrected chi connectivity index (χ2v) is 4.72. The summed E-state index contributed by atoms with van der Waals surface area (Å²) in [5.41, 5.74) is 2.44. The SMILES string of the molecule is C=CCNc1scc(-c2ccccc2)[n+]1CC=C. The summed E-state index contributed by atoms with van der Waals surface area (Å²) in [7, 11) is 0. The van der Waals surface area contributed by atoms with Gasteiger partial charge in [-0.05, 0) is 0 Å². The molecule has 2 rings (SSSR count). The maximum absolute atomic E-state index is 3.83. The molecule has 0 aliphatic carbocycles. The highest BCUT2D eigenvalue weighted by atomic mass is 32.1. The Bertz CT molecular complexity index is 529. The Hall–Kier alpha value is -1.87. The smallest absolute Gasteiger partial charge is 0.261 e. The van der Waals surface area contributed by atoms with Gasteiger partial charge in [0.1, 0.15) is 18.8 Å². The minimum atomic E-state index is 0.770. The van der Waals surface area contributed by atoms with Crippen LogP contribution in [-0.2, 0) is 6.54 Å². The standard InChI is InChI=1S/C15H16N2S/c1-3-10-16-15-17(11-4-2)14(12-18-15)13-8-6-5-7-9-13/h3-9,12H,1-2,10-11H2/p+1. The second kappa shape index (κ2) is 6.17. The van der Waals surface area contributed by atoms with E-state index in [-0.39, 0.29) is 0 Å². The molecular weight excluding hydrogens is 240 g/mol. The molecule has 1 N–H and O–H groups in total. The molecule has 18 heavy (non-hydrogen) atoms. The summed E-state index contributed by atoms with van der Waals surface area (Å²) in [4.78, 5) is 0. The van der Waals surface area contributed by atoms with Gasteiger partial charge < -0.3 is 0 Å². The first-order chi connectivity index (χ1) is 8.86. The van der Waals surface area contributed by atoms with Crippen LogP contribution in [0.4, 0.5) is 5.13 Å². The van der Waals surface area contributed by atoms with Crippen molar-refractivity contribution < 1.29 is 4.57 Å². The molecule has 2 aromatic rings. The first-order valence-electron chi connectivity index (χ1n) is 5.89. The molecule has 0 bridgehead atoms. The molecule has 1 aromatic carbocycles. The van der Waals surface area contributed by atoms with E-state index in [0.29, 0.717) is 0 Å². The minimum absolute atomic E-state index is 0.770. The van der Waals surface area contributed by atoms with Crippen LogP contribution in [0.15, 0.2) is 61.0 Å². The summed E-state index contributed by atoms with van der Waals surface area (Å²) < 4.78 is 2.23. The monoisotopic (exact) mass is 257 g/mol. The van der Waals surface area contributed by atoms with E-state index < -0.39 is 0 Å². The van der Waals surface area contributed by atoms with Crippen molar-refractivity contribution in [3.63, 3.8) is 0 Å². The van der Waals surface area contributed by atoms with Gasteiger partial charge in [0, 0.05) is 10.9 Å².